The van der Waals surface area contributed by atoms with Crippen LogP contribution >= 0.6 is 0 Å². The Kier molecular flexibility index (Phi) is 7.16. The maximum absolute atomic E-state index is 13.0. The second-order valence-electron chi connectivity index (χ2n) is 7.26. The Morgan fingerprint density at radius 2 is 1.45 bits per heavy atom. The highest BCUT2D eigenvalue weighted by molar-refractivity contribution is 5.13. The quantitative estimate of drug-likeness (QED) is 0.430. The van der Waals surface area contributed by atoms with Crippen molar-refractivity contribution >= 4 is 0 Å². The third-order valence-electron chi connectivity index (χ3n) is 5.55. The minimum Gasteiger partial charge on any atom is -0.195 e. The van der Waals surface area contributed by atoms with Crippen molar-refractivity contribution in [3.63, 3.8) is 0 Å². The van der Waals surface area contributed by atoms with Gasteiger partial charge in [0.25, 0.3) is 0 Å². The average molecular weight is 303 g/mol. The SMILES string of the molecule is CCCC1CCC(C=CC2CCC(C=C(F)C#N)CC2)CC1. The molecule has 122 valence electrons. The van der Waals surface area contributed by atoms with Gasteiger partial charge in [0, 0.05) is 0 Å². The van der Waals surface area contributed by atoms with Gasteiger partial charge in [-0.2, -0.15) is 9.65 Å². The summed E-state index contributed by atoms with van der Waals surface area (Å²) in [7, 11) is 0. The maximum Gasteiger partial charge on any atom is 0.196 e. The van der Waals surface area contributed by atoms with Crippen LogP contribution in [0.3, 0.4) is 0 Å². The van der Waals surface area contributed by atoms with E-state index in [-0.39, 0.29) is 5.92 Å². The lowest BCUT2D eigenvalue weighted by Crippen LogP contribution is -2.14. The second-order valence-corrected chi connectivity index (χ2v) is 7.26. The van der Waals surface area contributed by atoms with Crippen molar-refractivity contribution in [1.29, 1.82) is 5.26 Å². The van der Waals surface area contributed by atoms with Gasteiger partial charge in [0.1, 0.15) is 6.07 Å². The zero-order valence-corrected chi connectivity index (χ0v) is 13.9. The standard InChI is InChI=1S/C20H30FN/c1-2-3-16-4-6-17(7-5-16)8-9-18-10-12-19(13-11-18)14-20(21)15-22/h8-9,14,16-19H,2-7,10-13H2,1H3. The number of hydrogen-bond acceptors (Lipinski definition) is 1. The van der Waals surface area contributed by atoms with Crippen molar-refractivity contribution in [3.8, 4) is 6.07 Å². The summed E-state index contributed by atoms with van der Waals surface area (Å²) >= 11 is 0. The van der Waals surface area contributed by atoms with Crippen LogP contribution < -0.4 is 0 Å². The number of nitrogens with zero attached hydrogens (tertiary/aromatic N) is 1. The molecule has 0 aromatic heterocycles. The number of halogens is 1. The zero-order valence-electron chi connectivity index (χ0n) is 13.9. The lowest BCUT2D eigenvalue weighted by molar-refractivity contribution is 0.292. The molecule has 2 saturated carbocycles. The number of hydrogen-bond donors (Lipinski definition) is 0. The van der Waals surface area contributed by atoms with Gasteiger partial charge < -0.3 is 0 Å². The van der Waals surface area contributed by atoms with Crippen molar-refractivity contribution in [1.82, 2.24) is 0 Å². The molecular formula is C20H30FN. The molecule has 0 saturated heterocycles. The van der Waals surface area contributed by atoms with Crippen LogP contribution in [0.25, 0.3) is 0 Å². The summed E-state index contributed by atoms with van der Waals surface area (Å²) < 4.78 is 13.0. The predicted octanol–water partition coefficient (Wildman–Crippen LogP) is 6.33. The first-order valence-corrected chi connectivity index (χ1v) is 9.17. The van der Waals surface area contributed by atoms with Gasteiger partial charge in [0.05, 0.1) is 0 Å². The molecule has 0 amide bonds. The summed E-state index contributed by atoms with van der Waals surface area (Å²) in [6, 6.07) is 1.58. The van der Waals surface area contributed by atoms with Gasteiger partial charge in [-0.15, -0.1) is 0 Å². The summed E-state index contributed by atoms with van der Waals surface area (Å²) in [5.74, 6) is 2.11. The summed E-state index contributed by atoms with van der Waals surface area (Å²) in [4.78, 5) is 0. The smallest absolute Gasteiger partial charge is 0.195 e. The topological polar surface area (TPSA) is 23.8 Å². The molecule has 22 heavy (non-hydrogen) atoms. The molecule has 0 aromatic rings. The normalized spacial score (nSPS) is 33.8. The molecule has 2 fully saturated rings. The van der Waals surface area contributed by atoms with E-state index in [1.165, 1.54) is 44.6 Å². The van der Waals surface area contributed by atoms with Gasteiger partial charge in [-0.1, -0.05) is 31.9 Å². The van der Waals surface area contributed by atoms with Gasteiger partial charge >= 0.3 is 0 Å². The summed E-state index contributed by atoms with van der Waals surface area (Å²) in [5.41, 5.74) is 0. The molecular weight excluding hydrogens is 273 g/mol. The highest BCUT2D eigenvalue weighted by Crippen LogP contribution is 2.34. The van der Waals surface area contributed by atoms with E-state index in [1.54, 1.807) is 6.07 Å². The van der Waals surface area contributed by atoms with E-state index >= 15 is 0 Å². The van der Waals surface area contributed by atoms with Crippen LogP contribution in [-0.4, -0.2) is 0 Å². The molecule has 2 rings (SSSR count). The number of allylic oxidation sites excluding steroid dienone is 4. The fourth-order valence-corrected chi connectivity index (χ4v) is 4.14. The molecule has 2 aliphatic carbocycles. The molecule has 0 spiro atoms. The van der Waals surface area contributed by atoms with Crippen molar-refractivity contribution in [2.75, 3.05) is 0 Å². The molecule has 0 atom stereocenters. The summed E-state index contributed by atoms with van der Waals surface area (Å²) in [6.45, 7) is 2.29. The second kappa shape index (κ2) is 9.13. The molecule has 0 aliphatic heterocycles. The lowest BCUT2D eigenvalue weighted by Gasteiger charge is -2.28. The highest BCUT2D eigenvalue weighted by Gasteiger charge is 2.21. The highest BCUT2D eigenvalue weighted by atomic mass is 19.1. The van der Waals surface area contributed by atoms with Crippen LogP contribution in [0, 0.1) is 35.0 Å². The molecule has 1 nitrogen and oxygen atoms in total. The van der Waals surface area contributed by atoms with E-state index in [9.17, 15) is 4.39 Å². The van der Waals surface area contributed by atoms with Gasteiger partial charge in [-0.05, 0) is 81.1 Å². The first kappa shape index (κ1) is 17.3. The largest absolute Gasteiger partial charge is 0.196 e. The van der Waals surface area contributed by atoms with Crippen LogP contribution in [0.5, 0.6) is 0 Å². The van der Waals surface area contributed by atoms with Gasteiger partial charge in [0.2, 0.25) is 0 Å². The van der Waals surface area contributed by atoms with E-state index in [2.05, 4.69) is 19.1 Å². The Morgan fingerprint density at radius 3 is 1.95 bits per heavy atom. The van der Waals surface area contributed by atoms with Crippen molar-refractivity contribution in [2.45, 2.75) is 71.1 Å². The lowest BCUT2D eigenvalue weighted by atomic mass is 9.78. The van der Waals surface area contributed by atoms with Gasteiger partial charge in [-0.25, -0.2) is 0 Å². The van der Waals surface area contributed by atoms with E-state index in [0.717, 1.165) is 37.5 Å². The van der Waals surface area contributed by atoms with Crippen LogP contribution in [0.1, 0.15) is 71.1 Å². The van der Waals surface area contributed by atoms with Crippen molar-refractivity contribution in [3.05, 3.63) is 24.1 Å². The Balaban J connectivity index is 1.69. The molecule has 2 heteroatoms. The molecule has 0 aromatic carbocycles. The summed E-state index contributed by atoms with van der Waals surface area (Å²) in [5, 5.41) is 8.49. The van der Waals surface area contributed by atoms with E-state index in [0.29, 0.717) is 5.92 Å². The van der Waals surface area contributed by atoms with Crippen molar-refractivity contribution < 1.29 is 4.39 Å². The van der Waals surface area contributed by atoms with E-state index in [1.807, 2.05) is 0 Å². The Labute approximate surface area is 135 Å². The Morgan fingerprint density at radius 1 is 0.955 bits per heavy atom. The maximum atomic E-state index is 13.0. The fourth-order valence-electron chi connectivity index (χ4n) is 4.14. The van der Waals surface area contributed by atoms with Crippen LogP contribution in [-0.2, 0) is 0 Å². The molecule has 0 bridgehead atoms. The Hall–Kier alpha value is -1.10. The molecule has 0 heterocycles. The molecule has 2 aliphatic rings. The molecule has 0 N–H and O–H groups in total. The predicted molar refractivity (Wildman–Crippen MR) is 89.7 cm³/mol. The van der Waals surface area contributed by atoms with E-state index < -0.39 is 5.83 Å². The summed E-state index contributed by atoms with van der Waals surface area (Å²) in [6.07, 6.45) is 19.0. The van der Waals surface area contributed by atoms with Gasteiger partial charge in [-0.3, -0.25) is 0 Å². The monoisotopic (exact) mass is 303 g/mol. The first-order valence-electron chi connectivity index (χ1n) is 9.17. The fraction of sp³-hybridized carbons (Fsp3) is 0.750. The zero-order chi connectivity index (χ0) is 15.8. The first-order chi connectivity index (χ1) is 10.7. The number of nitriles is 1. The molecule has 0 unspecified atom stereocenters. The molecule has 0 radical (unpaired) electrons. The van der Waals surface area contributed by atoms with Crippen LogP contribution in [0.15, 0.2) is 24.1 Å². The van der Waals surface area contributed by atoms with Gasteiger partial charge in [0.15, 0.2) is 5.83 Å². The minimum absolute atomic E-state index is 0.272. The third-order valence-corrected chi connectivity index (χ3v) is 5.55. The third kappa shape index (κ3) is 5.59. The average Bonchev–Trinajstić information content (AvgIpc) is 2.56. The van der Waals surface area contributed by atoms with E-state index in [4.69, 9.17) is 5.26 Å². The minimum atomic E-state index is -0.608. The Bertz CT molecular complexity index is 415. The van der Waals surface area contributed by atoms with Crippen LogP contribution in [0.4, 0.5) is 4.39 Å². The number of rotatable bonds is 5. The van der Waals surface area contributed by atoms with Crippen LogP contribution in [0.2, 0.25) is 0 Å². The van der Waals surface area contributed by atoms with Crippen molar-refractivity contribution in [2.24, 2.45) is 23.7 Å².